The van der Waals surface area contributed by atoms with Crippen molar-refractivity contribution in [2.45, 2.75) is 53.7 Å². The van der Waals surface area contributed by atoms with Gasteiger partial charge in [-0.05, 0) is 154 Å². The van der Waals surface area contributed by atoms with Crippen LogP contribution in [0.5, 0.6) is 5.75 Å². The molecule has 0 saturated heterocycles. The van der Waals surface area contributed by atoms with E-state index in [1.54, 1.807) is 24.4 Å². The minimum absolute atomic E-state index is 0.158. The molecule has 4 nitrogen and oxygen atoms in total. The van der Waals surface area contributed by atoms with Crippen LogP contribution in [0.4, 0.5) is 0 Å². The standard InChI is InChI=1S/C56H49N3O/c1-35-27-37(3)54(60)50(28-35)55-58-53-48(19-14-20-52(53)59(55)47-29-36(2)38(4)49(34-47)41-17-12-9-13-18-41)44-30-43(39-15-10-8-11-16-39)31-45(32-44)51-33-42(25-26-57-51)40-21-23-46(24-22-40)56(5,6)7/h8-34,60H,1-7H3/i5D3,6D3,7D3. The SMILES string of the molecule is [2H]C([2H])([2H])C(c1ccc(-c2ccnc(-c3cc(-c4ccccc4)cc(-c4cccc5c4nc(-c4cc(C)cc(C)c4O)n5-c4cc(C)c(C)c(-c5ccccc5)c4)c3)c2)cc1)(C([2H])([2H])[2H])C([2H])([2H])[2H]. The highest BCUT2D eigenvalue weighted by atomic mass is 16.3. The minimum Gasteiger partial charge on any atom is -0.507 e. The molecule has 9 rings (SSSR count). The Bertz CT molecular complexity index is 3360. The van der Waals surface area contributed by atoms with E-state index in [1.807, 2.05) is 86.6 Å². The number of aryl methyl sites for hydroxylation is 3. The molecule has 1 N–H and O–H groups in total. The monoisotopic (exact) mass is 788 g/mol. The van der Waals surface area contributed by atoms with Crippen LogP contribution in [0.3, 0.4) is 0 Å². The number of rotatable bonds is 7. The van der Waals surface area contributed by atoms with Crippen LogP contribution in [0.2, 0.25) is 0 Å². The number of aromatic nitrogens is 3. The van der Waals surface area contributed by atoms with Gasteiger partial charge in [0, 0.05) is 35.3 Å². The lowest BCUT2D eigenvalue weighted by molar-refractivity contribution is 0.472. The first-order valence-electron chi connectivity index (χ1n) is 24.5. The van der Waals surface area contributed by atoms with E-state index in [2.05, 4.69) is 73.0 Å². The van der Waals surface area contributed by atoms with Crippen molar-refractivity contribution in [1.82, 2.24) is 14.5 Å². The Morgan fingerprint density at radius 1 is 0.533 bits per heavy atom. The summed E-state index contributed by atoms with van der Waals surface area (Å²) in [6.45, 7) is -1.94. The number of imidazole rings is 1. The van der Waals surface area contributed by atoms with Gasteiger partial charge in [0.15, 0.2) is 0 Å². The lowest BCUT2D eigenvalue weighted by Gasteiger charge is -2.19. The van der Waals surface area contributed by atoms with Crippen LogP contribution in [0.15, 0.2) is 164 Å². The molecule has 7 aromatic carbocycles. The van der Waals surface area contributed by atoms with Crippen molar-refractivity contribution >= 4 is 11.0 Å². The molecule has 2 aromatic heterocycles. The summed E-state index contributed by atoms with van der Waals surface area (Å²) >= 11 is 0. The maximum Gasteiger partial charge on any atom is 0.149 e. The molecule has 294 valence electrons. The smallest absolute Gasteiger partial charge is 0.149 e. The highest BCUT2D eigenvalue weighted by Crippen LogP contribution is 2.42. The number of nitrogens with zero attached hydrogens (tertiary/aromatic N) is 3. The van der Waals surface area contributed by atoms with E-state index < -0.39 is 26.0 Å². The van der Waals surface area contributed by atoms with Gasteiger partial charge in [0.25, 0.3) is 0 Å². The van der Waals surface area contributed by atoms with E-state index in [0.717, 1.165) is 72.4 Å². The number of hydrogen-bond acceptors (Lipinski definition) is 3. The van der Waals surface area contributed by atoms with Crippen molar-refractivity contribution in [3.8, 4) is 78.6 Å². The number of hydrogen-bond donors (Lipinski definition) is 1. The van der Waals surface area contributed by atoms with Crippen LogP contribution in [0, 0.1) is 27.7 Å². The second-order valence-electron chi connectivity index (χ2n) is 15.6. The Kier molecular flexibility index (Phi) is 7.44. The van der Waals surface area contributed by atoms with Crippen LogP contribution in [-0.4, -0.2) is 19.6 Å². The summed E-state index contributed by atoms with van der Waals surface area (Å²) in [6.07, 6.45) is 1.67. The van der Waals surface area contributed by atoms with Gasteiger partial charge in [0.05, 0.1) is 22.3 Å². The van der Waals surface area contributed by atoms with Crippen molar-refractivity contribution in [1.29, 1.82) is 0 Å². The number of fused-ring (bicyclic) bond motifs is 1. The second kappa shape index (κ2) is 15.3. The van der Waals surface area contributed by atoms with Crippen LogP contribution in [0.25, 0.3) is 83.9 Å². The van der Waals surface area contributed by atoms with Gasteiger partial charge < -0.3 is 5.11 Å². The average Bonchev–Trinajstić information content (AvgIpc) is 3.70. The van der Waals surface area contributed by atoms with Crippen LogP contribution in [0.1, 0.15) is 60.7 Å². The summed E-state index contributed by atoms with van der Waals surface area (Å²) in [5.74, 6) is 0.753. The molecular weight excluding hydrogens is 731 g/mol. The third-order valence-electron chi connectivity index (χ3n) is 11.4. The van der Waals surface area contributed by atoms with Gasteiger partial charge in [0.2, 0.25) is 0 Å². The summed E-state index contributed by atoms with van der Waals surface area (Å²) in [4.78, 5) is 10.3. The Balaban J connectivity index is 1.23. The lowest BCUT2D eigenvalue weighted by Crippen LogP contribution is -2.10. The number of benzene rings is 7. The average molecular weight is 789 g/mol. The molecule has 0 atom stereocenters. The highest BCUT2D eigenvalue weighted by molar-refractivity contribution is 5.98. The normalized spacial score (nSPS) is 14.5. The Hall–Kier alpha value is -7.04. The highest BCUT2D eigenvalue weighted by Gasteiger charge is 2.23. The lowest BCUT2D eigenvalue weighted by atomic mass is 9.86. The van der Waals surface area contributed by atoms with Gasteiger partial charge in [-0.25, -0.2) is 4.98 Å². The van der Waals surface area contributed by atoms with Gasteiger partial charge in [0.1, 0.15) is 11.6 Å². The van der Waals surface area contributed by atoms with Crippen molar-refractivity contribution in [3.63, 3.8) is 0 Å². The molecular formula is C56H49N3O. The molecule has 0 unspecified atom stereocenters. The fraction of sp³-hybridized carbons (Fsp3) is 0.143. The molecule has 0 saturated carbocycles. The first-order valence-corrected chi connectivity index (χ1v) is 20.0. The van der Waals surface area contributed by atoms with E-state index in [1.165, 1.54) is 17.7 Å². The molecule has 2 heterocycles. The number of phenols is 1. The molecule has 9 aromatic rings. The van der Waals surface area contributed by atoms with Gasteiger partial charge in [-0.3, -0.25) is 9.55 Å². The van der Waals surface area contributed by atoms with Gasteiger partial charge in [-0.2, -0.15) is 0 Å². The van der Waals surface area contributed by atoms with Crippen LogP contribution >= 0.6 is 0 Å². The molecule has 60 heavy (non-hydrogen) atoms. The van der Waals surface area contributed by atoms with Crippen molar-refractivity contribution < 1.29 is 17.4 Å². The van der Waals surface area contributed by atoms with Gasteiger partial charge >= 0.3 is 0 Å². The number of phenolic OH excluding ortho intramolecular Hbond substituents is 1. The maximum absolute atomic E-state index is 11.7. The van der Waals surface area contributed by atoms with Gasteiger partial charge in [-0.15, -0.1) is 0 Å². The first-order chi connectivity index (χ1) is 32.7. The third kappa shape index (κ3) is 7.20. The molecule has 0 aliphatic carbocycles. The molecule has 0 spiro atoms. The summed E-state index contributed by atoms with van der Waals surface area (Å²) in [6, 6.07) is 50.5. The van der Waals surface area contributed by atoms with Crippen molar-refractivity contribution in [2.75, 3.05) is 0 Å². The third-order valence-corrected chi connectivity index (χ3v) is 11.4. The molecule has 0 amide bonds. The second-order valence-corrected chi connectivity index (χ2v) is 15.6. The topological polar surface area (TPSA) is 50.9 Å². The summed E-state index contributed by atoms with van der Waals surface area (Å²) in [5.41, 5.74) is 12.2. The molecule has 0 aliphatic rings. The van der Waals surface area contributed by atoms with E-state index >= 15 is 0 Å². The Morgan fingerprint density at radius 2 is 1.22 bits per heavy atom. The zero-order chi connectivity index (χ0) is 49.2. The fourth-order valence-corrected chi connectivity index (χ4v) is 8.20. The van der Waals surface area contributed by atoms with Crippen molar-refractivity contribution in [3.05, 3.63) is 192 Å². The zero-order valence-corrected chi connectivity index (χ0v) is 33.9. The predicted molar refractivity (Wildman–Crippen MR) is 251 cm³/mol. The number of pyridine rings is 1. The molecule has 0 aliphatic heterocycles. The molecule has 0 bridgehead atoms. The Morgan fingerprint density at radius 3 is 1.95 bits per heavy atom. The summed E-state index contributed by atoms with van der Waals surface area (Å²) < 4.78 is 75.8. The van der Waals surface area contributed by atoms with Crippen molar-refractivity contribution in [2.24, 2.45) is 0 Å². The predicted octanol–water partition coefficient (Wildman–Crippen LogP) is 14.7. The summed E-state index contributed by atoms with van der Waals surface area (Å²) in [7, 11) is 0. The largest absolute Gasteiger partial charge is 0.507 e. The summed E-state index contributed by atoms with van der Waals surface area (Å²) in [5, 5.41) is 11.7. The number of aromatic hydroxyl groups is 1. The van der Waals surface area contributed by atoms with E-state index in [-0.39, 0.29) is 11.3 Å². The van der Waals surface area contributed by atoms with E-state index in [0.29, 0.717) is 28.2 Å². The molecule has 0 fully saturated rings. The first kappa shape index (κ1) is 29.2. The zero-order valence-electron chi connectivity index (χ0n) is 42.9. The Labute approximate surface area is 366 Å². The minimum atomic E-state index is -3.37. The maximum atomic E-state index is 11.7. The van der Waals surface area contributed by atoms with Crippen LogP contribution < -0.4 is 0 Å². The molecule has 4 heteroatoms. The van der Waals surface area contributed by atoms with Crippen LogP contribution in [-0.2, 0) is 5.41 Å². The quantitative estimate of drug-likeness (QED) is 0.175. The number of para-hydroxylation sites is 1. The van der Waals surface area contributed by atoms with Gasteiger partial charge in [-0.1, -0.05) is 124 Å². The van der Waals surface area contributed by atoms with E-state index in [4.69, 9.17) is 22.3 Å². The molecule has 0 radical (unpaired) electrons. The van der Waals surface area contributed by atoms with E-state index in [9.17, 15) is 5.11 Å². The fourth-order valence-electron chi connectivity index (χ4n) is 8.20.